The third-order valence-corrected chi connectivity index (χ3v) is 7.31. The molecule has 3 aromatic rings. The van der Waals surface area contributed by atoms with Crippen LogP contribution in [-0.4, -0.2) is 4.57 Å². The van der Waals surface area contributed by atoms with Gasteiger partial charge in [-0.1, -0.05) is 29.8 Å². The van der Waals surface area contributed by atoms with E-state index in [2.05, 4.69) is 54.0 Å². The van der Waals surface area contributed by atoms with Crippen molar-refractivity contribution in [1.29, 1.82) is 0 Å². The summed E-state index contributed by atoms with van der Waals surface area (Å²) in [5.74, 6) is 2.95. The maximum absolute atomic E-state index is 2.79. The van der Waals surface area contributed by atoms with Crippen LogP contribution in [0.3, 0.4) is 0 Å². The summed E-state index contributed by atoms with van der Waals surface area (Å²) in [6, 6.07) is 16.2. The molecule has 0 unspecified atom stereocenters. The summed E-state index contributed by atoms with van der Waals surface area (Å²) in [7, 11) is 0. The molecule has 24 heavy (non-hydrogen) atoms. The molecule has 2 aromatic carbocycles. The predicted octanol–water partition coefficient (Wildman–Crippen LogP) is 6.03. The van der Waals surface area contributed by atoms with Crippen molar-refractivity contribution in [1.82, 2.24) is 4.57 Å². The van der Waals surface area contributed by atoms with Crippen molar-refractivity contribution >= 4 is 21.8 Å². The fraction of sp³-hybridized carbons (Fsp3) is 0.478. The minimum atomic E-state index is 0.394. The van der Waals surface area contributed by atoms with Gasteiger partial charge in [0.2, 0.25) is 0 Å². The maximum atomic E-state index is 2.79. The van der Waals surface area contributed by atoms with E-state index in [4.69, 9.17) is 0 Å². The van der Waals surface area contributed by atoms with Gasteiger partial charge >= 0.3 is 0 Å². The Kier molecular flexibility index (Phi) is 2.50. The lowest BCUT2D eigenvalue weighted by Crippen LogP contribution is -2.51. The molecule has 4 aliphatic rings. The Morgan fingerprint density at radius 1 is 0.792 bits per heavy atom. The van der Waals surface area contributed by atoms with E-state index in [1.807, 2.05) is 0 Å². The molecule has 4 saturated carbocycles. The second kappa shape index (κ2) is 4.45. The molecule has 1 aromatic heterocycles. The first-order valence-electron chi connectivity index (χ1n) is 9.72. The highest BCUT2D eigenvalue weighted by Gasteiger charge is 2.52. The van der Waals surface area contributed by atoms with E-state index in [1.54, 1.807) is 0 Å². The molecular formula is C23H25N. The summed E-state index contributed by atoms with van der Waals surface area (Å²) in [5.41, 5.74) is 4.71. The maximum Gasteiger partial charge on any atom is 0.0496 e. The zero-order valence-corrected chi connectivity index (χ0v) is 14.5. The number of hydrogen-bond acceptors (Lipinski definition) is 0. The average molecular weight is 315 g/mol. The van der Waals surface area contributed by atoms with E-state index in [0.29, 0.717) is 5.54 Å². The Hall–Kier alpha value is -1.76. The summed E-state index contributed by atoms with van der Waals surface area (Å²) in [6.07, 6.45) is 8.78. The van der Waals surface area contributed by atoms with E-state index < -0.39 is 0 Å². The number of hydrogen-bond donors (Lipinski definition) is 0. The normalized spacial score (nSPS) is 34.5. The Bertz CT molecular complexity index is 925. The van der Waals surface area contributed by atoms with Crippen molar-refractivity contribution in [3.8, 4) is 0 Å². The van der Waals surface area contributed by atoms with Crippen LogP contribution < -0.4 is 0 Å². The largest absolute Gasteiger partial charge is 0.334 e. The molecule has 0 spiro atoms. The third kappa shape index (κ3) is 1.66. The van der Waals surface area contributed by atoms with Gasteiger partial charge in [0.15, 0.2) is 0 Å². The molecule has 4 aliphatic carbocycles. The summed E-state index contributed by atoms with van der Waals surface area (Å²) < 4.78 is 2.79. The molecule has 1 nitrogen and oxygen atoms in total. The summed E-state index contributed by atoms with van der Waals surface area (Å²) >= 11 is 0. The second-order valence-corrected chi connectivity index (χ2v) is 9.02. The lowest BCUT2D eigenvalue weighted by molar-refractivity contribution is -0.0387. The van der Waals surface area contributed by atoms with Crippen molar-refractivity contribution in [3.63, 3.8) is 0 Å². The van der Waals surface area contributed by atoms with Gasteiger partial charge in [-0.05, 0) is 81.4 Å². The standard InChI is InChI=1S/C23H25N/c1-15-6-7-22-20(8-15)19-4-2-3-5-21(19)24(22)23-12-16-9-17(13-23)11-18(10-16)14-23/h2-8,16-18H,9-14H2,1H3. The SMILES string of the molecule is Cc1ccc2c(c1)c1ccccc1n2C12CC3CC(CC(C3)C1)C2. The number of nitrogens with zero attached hydrogens (tertiary/aromatic N) is 1. The highest BCUT2D eigenvalue weighted by atomic mass is 15.1. The number of para-hydroxylation sites is 1. The molecule has 0 aliphatic heterocycles. The van der Waals surface area contributed by atoms with Crippen LogP contribution >= 0.6 is 0 Å². The fourth-order valence-corrected chi connectivity index (χ4v) is 6.94. The van der Waals surface area contributed by atoms with Gasteiger partial charge in [0.1, 0.15) is 0 Å². The Morgan fingerprint density at radius 2 is 1.42 bits per heavy atom. The quantitative estimate of drug-likeness (QED) is 0.517. The van der Waals surface area contributed by atoms with E-state index in [0.717, 1.165) is 17.8 Å². The average Bonchev–Trinajstić information content (AvgIpc) is 2.88. The Labute approximate surface area is 143 Å². The zero-order valence-electron chi connectivity index (χ0n) is 14.5. The first-order valence-corrected chi connectivity index (χ1v) is 9.72. The van der Waals surface area contributed by atoms with Crippen LogP contribution in [0.25, 0.3) is 21.8 Å². The number of benzene rings is 2. The Morgan fingerprint density at radius 3 is 2.12 bits per heavy atom. The third-order valence-electron chi connectivity index (χ3n) is 7.31. The number of aryl methyl sites for hydroxylation is 1. The second-order valence-electron chi connectivity index (χ2n) is 9.02. The Balaban J connectivity index is 1.69. The van der Waals surface area contributed by atoms with Gasteiger partial charge in [0.05, 0.1) is 0 Å². The fourth-order valence-electron chi connectivity index (χ4n) is 6.94. The smallest absolute Gasteiger partial charge is 0.0496 e. The molecule has 1 heteroatoms. The van der Waals surface area contributed by atoms with E-state index >= 15 is 0 Å². The molecular weight excluding hydrogens is 290 g/mol. The molecule has 1 heterocycles. The molecule has 0 saturated heterocycles. The van der Waals surface area contributed by atoms with E-state index in [-0.39, 0.29) is 0 Å². The molecule has 0 amide bonds. The summed E-state index contributed by atoms with van der Waals surface area (Å²) in [5, 5.41) is 2.91. The van der Waals surface area contributed by atoms with Crippen molar-refractivity contribution < 1.29 is 0 Å². The van der Waals surface area contributed by atoms with Gasteiger partial charge in [-0.15, -0.1) is 0 Å². The predicted molar refractivity (Wildman–Crippen MR) is 100 cm³/mol. The molecule has 122 valence electrons. The first-order chi connectivity index (χ1) is 11.7. The van der Waals surface area contributed by atoms with Crippen LogP contribution in [0, 0.1) is 24.7 Å². The first kappa shape index (κ1) is 13.5. The van der Waals surface area contributed by atoms with Gasteiger partial charge in [-0.25, -0.2) is 0 Å². The molecule has 0 atom stereocenters. The molecule has 4 bridgehead atoms. The summed E-state index contributed by atoms with van der Waals surface area (Å²) in [4.78, 5) is 0. The van der Waals surface area contributed by atoms with Crippen LogP contribution in [0.4, 0.5) is 0 Å². The van der Waals surface area contributed by atoms with Crippen molar-refractivity contribution in [2.24, 2.45) is 17.8 Å². The lowest BCUT2D eigenvalue weighted by Gasteiger charge is -2.57. The number of rotatable bonds is 1. The van der Waals surface area contributed by atoms with Crippen molar-refractivity contribution in [3.05, 3.63) is 48.0 Å². The highest BCUT2D eigenvalue weighted by Crippen LogP contribution is 2.60. The number of fused-ring (bicyclic) bond motifs is 3. The van der Waals surface area contributed by atoms with Gasteiger partial charge in [-0.2, -0.15) is 0 Å². The lowest BCUT2D eigenvalue weighted by atomic mass is 9.53. The minimum Gasteiger partial charge on any atom is -0.334 e. The molecule has 0 radical (unpaired) electrons. The van der Waals surface area contributed by atoms with Crippen LogP contribution in [0.2, 0.25) is 0 Å². The van der Waals surface area contributed by atoms with Crippen molar-refractivity contribution in [2.75, 3.05) is 0 Å². The van der Waals surface area contributed by atoms with Crippen molar-refractivity contribution in [2.45, 2.75) is 51.0 Å². The van der Waals surface area contributed by atoms with Gasteiger partial charge < -0.3 is 4.57 Å². The van der Waals surface area contributed by atoms with E-state index in [1.165, 1.54) is 65.9 Å². The minimum absolute atomic E-state index is 0.394. The van der Waals surface area contributed by atoms with Crippen LogP contribution in [0.5, 0.6) is 0 Å². The monoisotopic (exact) mass is 315 g/mol. The van der Waals surface area contributed by atoms with Crippen LogP contribution in [0.1, 0.15) is 44.1 Å². The van der Waals surface area contributed by atoms with Gasteiger partial charge in [0, 0.05) is 27.3 Å². The van der Waals surface area contributed by atoms with Gasteiger partial charge in [-0.3, -0.25) is 0 Å². The molecule has 7 rings (SSSR count). The topological polar surface area (TPSA) is 4.93 Å². The number of aromatic nitrogens is 1. The van der Waals surface area contributed by atoms with Crippen LogP contribution in [0.15, 0.2) is 42.5 Å². The zero-order chi connectivity index (χ0) is 15.9. The van der Waals surface area contributed by atoms with Gasteiger partial charge in [0.25, 0.3) is 0 Å². The van der Waals surface area contributed by atoms with E-state index in [9.17, 15) is 0 Å². The summed E-state index contributed by atoms with van der Waals surface area (Å²) in [6.45, 7) is 2.22. The molecule has 0 N–H and O–H groups in total. The molecule has 4 fully saturated rings. The highest BCUT2D eigenvalue weighted by molar-refractivity contribution is 6.08. The van der Waals surface area contributed by atoms with Crippen LogP contribution in [-0.2, 0) is 5.54 Å².